The first-order valence-electron chi connectivity index (χ1n) is 25.2. The lowest BCUT2D eigenvalue weighted by Gasteiger charge is -2.30. The summed E-state index contributed by atoms with van der Waals surface area (Å²) in [6.07, 6.45) is 2.53. The van der Waals surface area contributed by atoms with Crippen molar-refractivity contribution in [2.75, 3.05) is 32.2 Å². The van der Waals surface area contributed by atoms with Gasteiger partial charge in [0.05, 0.1) is 5.69 Å². The van der Waals surface area contributed by atoms with Crippen molar-refractivity contribution in [3.05, 3.63) is 147 Å². The topological polar surface area (TPSA) is 52.9 Å². The van der Waals surface area contributed by atoms with Gasteiger partial charge in [0.2, 0.25) is 0 Å². The van der Waals surface area contributed by atoms with E-state index in [0.29, 0.717) is 24.9 Å². The third kappa shape index (κ3) is 11.2. The number of nitrogens with zero attached hydrogens (tertiary/aromatic N) is 1. The summed E-state index contributed by atoms with van der Waals surface area (Å²) < 4.78 is 5.52. The summed E-state index contributed by atoms with van der Waals surface area (Å²) in [4.78, 5) is 2.35. The minimum absolute atomic E-state index is 0.247. The zero-order valence-corrected chi connectivity index (χ0v) is 43.9. The first-order valence-corrected chi connectivity index (χ1v) is 25.2. The Morgan fingerprint density at radius 3 is 1.21 bits per heavy atom. The van der Waals surface area contributed by atoms with Crippen LogP contribution in [0.25, 0.3) is 44.5 Å². The first-order chi connectivity index (χ1) is 31.7. The lowest BCUT2D eigenvalue weighted by molar-refractivity contribution is 0.193. The fourth-order valence-corrected chi connectivity index (χ4v) is 10.0. The average Bonchev–Trinajstić information content (AvgIpc) is 3.28. The van der Waals surface area contributed by atoms with Crippen molar-refractivity contribution in [2.45, 2.75) is 152 Å². The molecule has 0 aliphatic rings. The van der Waals surface area contributed by atoms with Gasteiger partial charge in [0, 0.05) is 60.7 Å². The number of ether oxygens (including phenoxy) is 1. The second-order valence-corrected chi connectivity index (χ2v) is 21.3. The van der Waals surface area contributed by atoms with Gasteiger partial charge in [0.25, 0.3) is 0 Å². The number of aromatic hydroxyl groups is 2. The maximum absolute atomic E-state index is 13.1. The van der Waals surface area contributed by atoms with Gasteiger partial charge in [-0.3, -0.25) is 0 Å². The molecule has 0 heterocycles. The lowest BCUT2D eigenvalue weighted by atomic mass is 9.79. The van der Waals surface area contributed by atoms with Gasteiger partial charge < -0.3 is 19.8 Å². The number of phenols is 2. The van der Waals surface area contributed by atoms with Crippen LogP contribution in [0.4, 0.5) is 5.69 Å². The number of hydrogen-bond donors (Lipinski definition) is 2. The van der Waals surface area contributed by atoms with Gasteiger partial charge in [-0.1, -0.05) is 138 Å². The molecule has 4 nitrogen and oxygen atoms in total. The fourth-order valence-electron chi connectivity index (χ4n) is 10.0. The predicted molar refractivity (Wildman–Crippen MR) is 289 cm³/mol. The molecule has 4 heteroatoms. The van der Waals surface area contributed by atoms with Crippen LogP contribution in [0, 0.1) is 13.8 Å². The van der Waals surface area contributed by atoms with E-state index < -0.39 is 0 Å². The van der Waals surface area contributed by atoms with E-state index in [1.54, 1.807) is 7.11 Å². The van der Waals surface area contributed by atoms with Gasteiger partial charge in [0.1, 0.15) is 11.5 Å². The molecule has 0 aliphatic carbocycles. The van der Waals surface area contributed by atoms with Gasteiger partial charge in [-0.2, -0.15) is 0 Å². The Morgan fingerprint density at radius 1 is 0.463 bits per heavy atom. The van der Waals surface area contributed by atoms with Crippen molar-refractivity contribution in [2.24, 2.45) is 0 Å². The zero-order chi connectivity index (χ0) is 49.0. The number of anilines is 1. The SMILES string of the molecule is COCCCCN(C)c1c(-c2cc(C)cc(-c3c(C(C)C)cc(C(C)C)cc3C(C)C)c2O)cc(Cc2ccccc2)cc1-c1cc(C)cc(-c2c(C(C)C)cc(C(C)C)cc2C(C)C)c1O. The molecule has 67 heavy (non-hydrogen) atoms. The zero-order valence-electron chi connectivity index (χ0n) is 43.9. The lowest BCUT2D eigenvalue weighted by Crippen LogP contribution is -2.21. The molecular formula is C63H81NO3. The minimum atomic E-state index is 0.247. The van der Waals surface area contributed by atoms with E-state index >= 15 is 0 Å². The highest BCUT2D eigenvalue weighted by atomic mass is 16.5. The Bertz CT molecular complexity index is 2450. The summed E-state index contributed by atoms with van der Waals surface area (Å²) in [5.74, 6) is 2.31. The molecule has 0 aliphatic heterocycles. The Balaban J connectivity index is 1.77. The van der Waals surface area contributed by atoms with E-state index in [2.05, 4.69) is 200 Å². The molecular weight excluding hydrogens is 819 g/mol. The highest BCUT2D eigenvalue weighted by molar-refractivity contribution is 5.99. The van der Waals surface area contributed by atoms with E-state index in [-0.39, 0.29) is 35.2 Å². The summed E-state index contributed by atoms with van der Waals surface area (Å²) in [5.41, 5.74) is 20.7. The van der Waals surface area contributed by atoms with Crippen molar-refractivity contribution in [1.29, 1.82) is 0 Å². The number of phenolic OH excluding ortho intramolecular Hbond substituents is 2. The van der Waals surface area contributed by atoms with Crippen molar-refractivity contribution in [3.8, 4) is 56.0 Å². The van der Waals surface area contributed by atoms with E-state index in [9.17, 15) is 10.2 Å². The van der Waals surface area contributed by atoms with Gasteiger partial charge in [-0.15, -0.1) is 0 Å². The molecule has 0 saturated heterocycles. The molecule has 0 aromatic heterocycles. The third-order valence-corrected chi connectivity index (χ3v) is 13.8. The van der Waals surface area contributed by atoms with Gasteiger partial charge in [-0.05, 0) is 172 Å². The van der Waals surface area contributed by atoms with Crippen LogP contribution in [0.15, 0.2) is 91.0 Å². The Hall–Kier alpha value is -5.32. The molecule has 0 fully saturated rings. The van der Waals surface area contributed by atoms with Crippen molar-refractivity contribution in [3.63, 3.8) is 0 Å². The van der Waals surface area contributed by atoms with Crippen LogP contribution in [-0.4, -0.2) is 37.5 Å². The molecule has 6 rings (SSSR count). The normalized spacial score (nSPS) is 12.0. The number of unbranched alkanes of at least 4 members (excludes halogenated alkanes) is 1. The summed E-state index contributed by atoms with van der Waals surface area (Å²) in [7, 11) is 3.93. The molecule has 0 amide bonds. The maximum Gasteiger partial charge on any atom is 0.131 e. The van der Waals surface area contributed by atoms with Crippen LogP contribution in [0.3, 0.4) is 0 Å². The highest BCUT2D eigenvalue weighted by Gasteiger charge is 2.28. The van der Waals surface area contributed by atoms with Crippen LogP contribution in [0.2, 0.25) is 0 Å². The predicted octanol–water partition coefficient (Wildman–Crippen LogP) is 17.6. The average molecular weight is 900 g/mol. The fraction of sp³-hybridized carbons (Fsp3) is 0.429. The van der Waals surface area contributed by atoms with Crippen molar-refractivity contribution < 1.29 is 14.9 Å². The highest BCUT2D eigenvalue weighted by Crippen LogP contribution is 2.53. The molecule has 2 N–H and O–H groups in total. The molecule has 0 spiro atoms. The maximum atomic E-state index is 13.1. The monoisotopic (exact) mass is 900 g/mol. The molecule has 6 aromatic carbocycles. The van der Waals surface area contributed by atoms with E-state index in [1.807, 2.05) is 0 Å². The largest absolute Gasteiger partial charge is 0.507 e. The van der Waals surface area contributed by atoms with Crippen molar-refractivity contribution in [1.82, 2.24) is 0 Å². The Morgan fingerprint density at radius 2 is 0.851 bits per heavy atom. The quantitative estimate of drug-likeness (QED) is 0.0844. The van der Waals surface area contributed by atoms with E-state index in [4.69, 9.17) is 4.74 Å². The van der Waals surface area contributed by atoms with E-state index in [0.717, 1.165) is 86.3 Å². The smallest absolute Gasteiger partial charge is 0.131 e. The van der Waals surface area contributed by atoms with Gasteiger partial charge >= 0.3 is 0 Å². The number of hydrogen-bond acceptors (Lipinski definition) is 4. The first kappa shape index (κ1) is 51.1. The van der Waals surface area contributed by atoms with Gasteiger partial charge in [0.15, 0.2) is 0 Å². The van der Waals surface area contributed by atoms with Crippen LogP contribution in [-0.2, 0) is 11.2 Å². The number of benzene rings is 6. The van der Waals surface area contributed by atoms with Crippen LogP contribution in [0.5, 0.6) is 11.5 Å². The summed E-state index contributed by atoms with van der Waals surface area (Å²) >= 11 is 0. The minimum Gasteiger partial charge on any atom is -0.507 e. The molecule has 0 unspecified atom stereocenters. The Labute approximate surface area is 405 Å². The standard InChI is InChI=1S/C63H81NO3/c1-37(2)47-33-49(39(5)6)59(50(34-47)40(7)8)57-28-43(13)26-55(62(57)65)53-31-46(30-45-22-18-17-19-23-45)32-54(61(53)64(15)24-20-21-25-67-16)56-27-44(14)29-58(63(56)66)60-51(41(9)10)35-48(38(3)4)36-52(60)42(11)12/h17-19,22-23,26-29,31-42,65-66H,20-21,24-25,30H2,1-16H3. The molecule has 0 atom stereocenters. The third-order valence-electron chi connectivity index (χ3n) is 13.8. The molecule has 0 radical (unpaired) electrons. The van der Waals surface area contributed by atoms with Crippen LogP contribution < -0.4 is 4.90 Å². The van der Waals surface area contributed by atoms with E-state index in [1.165, 1.54) is 38.9 Å². The molecule has 356 valence electrons. The second-order valence-electron chi connectivity index (χ2n) is 21.3. The second kappa shape index (κ2) is 21.8. The van der Waals surface area contributed by atoms with Crippen molar-refractivity contribution >= 4 is 5.69 Å². The van der Waals surface area contributed by atoms with Gasteiger partial charge in [-0.25, -0.2) is 0 Å². The molecule has 0 bridgehead atoms. The van der Waals surface area contributed by atoms with Crippen LogP contribution >= 0.6 is 0 Å². The number of rotatable bonds is 18. The molecule has 6 aromatic rings. The number of aryl methyl sites for hydroxylation is 2. The number of methoxy groups -OCH3 is 1. The van der Waals surface area contributed by atoms with Crippen LogP contribution in [0.1, 0.15) is 187 Å². The summed E-state index contributed by atoms with van der Waals surface area (Å²) in [6, 6.07) is 33.4. The molecule has 0 saturated carbocycles. The summed E-state index contributed by atoms with van der Waals surface area (Å²) in [6.45, 7) is 33.0. The Kier molecular flexibility index (Phi) is 16.6. The summed E-state index contributed by atoms with van der Waals surface area (Å²) in [5, 5.41) is 26.3.